The van der Waals surface area contributed by atoms with Crippen LogP contribution >= 0.6 is 0 Å². The molecule has 18 heavy (non-hydrogen) atoms. The Morgan fingerprint density at radius 3 is 2.50 bits per heavy atom. The van der Waals surface area contributed by atoms with E-state index < -0.39 is 0 Å². The SMILES string of the molecule is CCC1CCC(Nc2cc(NN)nc(C)n2)CC1. The molecule has 1 aromatic rings. The van der Waals surface area contributed by atoms with Gasteiger partial charge in [-0.05, 0) is 38.5 Å². The van der Waals surface area contributed by atoms with E-state index in [0.717, 1.165) is 17.6 Å². The van der Waals surface area contributed by atoms with Crippen molar-refractivity contribution in [2.24, 2.45) is 11.8 Å². The van der Waals surface area contributed by atoms with E-state index in [1.165, 1.54) is 32.1 Å². The number of nitrogens with one attached hydrogen (secondary N) is 2. The number of hydrogen-bond acceptors (Lipinski definition) is 5. The van der Waals surface area contributed by atoms with E-state index in [1.807, 2.05) is 13.0 Å². The topological polar surface area (TPSA) is 75.9 Å². The molecule has 5 nitrogen and oxygen atoms in total. The fourth-order valence-electron chi connectivity index (χ4n) is 2.64. The Morgan fingerprint density at radius 1 is 1.22 bits per heavy atom. The van der Waals surface area contributed by atoms with E-state index in [9.17, 15) is 0 Å². The lowest BCUT2D eigenvalue weighted by atomic mass is 9.84. The second-order valence-corrected chi connectivity index (χ2v) is 5.10. The van der Waals surface area contributed by atoms with Gasteiger partial charge in [0.25, 0.3) is 0 Å². The van der Waals surface area contributed by atoms with Gasteiger partial charge in [-0.15, -0.1) is 0 Å². The molecule has 0 atom stereocenters. The Morgan fingerprint density at radius 2 is 1.89 bits per heavy atom. The molecule has 0 aromatic carbocycles. The summed E-state index contributed by atoms with van der Waals surface area (Å²) in [5.74, 6) is 8.56. The van der Waals surface area contributed by atoms with Crippen molar-refractivity contribution in [1.29, 1.82) is 0 Å². The van der Waals surface area contributed by atoms with Crippen molar-refractivity contribution in [2.45, 2.75) is 52.0 Å². The van der Waals surface area contributed by atoms with Gasteiger partial charge in [-0.1, -0.05) is 13.3 Å². The number of aromatic nitrogens is 2. The molecule has 4 N–H and O–H groups in total. The first-order valence-electron chi connectivity index (χ1n) is 6.80. The van der Waals surface area contributed by atoms with E-state index in [-0.39, 0.29) is 0 Å². The van der Waals surface area contributed by atoms with Crippen molar-refractivity contribution >= 4 is 11.6 Å². The number of rotatable bonds is 4. The Bertz CT molecular complexity index is 385. The Labute approximate surface area is 109 Å². The first kappa shape index (κ1) is 13.1. The Balaban J connectivity index is 1.95. The number of aryl methyl sites for hydroxylation is 1. The van der Waals surface area contributed by atoms with Crippen molar-refractivity contribution in [3.05, 3.63) is 11.9 Å². The van der Waals surface area contributed by atoms with Gasteiger partial charge in [-0.2, -0.15) is 0 Å². The van der Waals surface area contributed by atoms with Crippen LogP contribution in [0, 0.1) is 12.8 Å². The highest BCUT2D eigenvalue weighted by Gasteiger charge is 2.20. The number of hydrazine groups is 1. The minimum atomic E-state index is 0.535. The van der Waals surface area contributed by atoms with Crippen molar-refractivity contribution in [3.63, 3.8) is 0 Å². The van der Waals surface area contributed by atoms with Crippen LogP contribution in [-0.2, 0) is 0 Å². The normalized spacial score (nSPS) is 23.7. The van der Waals surface area contributed by atoms with Gasteiger partial charge in [0, 0.05) is 12.1 Å². The Hall–Kier alpha value is -1.36. The van der Waals surface area contributed by atoms with Gasteiger partial charge in [-0.3, -0.25) is 0 Å². The molecule has 1 fully saturated rings. The number of nitrogen functional groups attached to an aromatic ring is 1. The molecular formula is C13H23N5. The van der Waals surface area contributed by atoms with Crippen molar-refractivity contribution in [2.75, 3.05) is 10.7 Å². The molecule has 1 aromatic heterocycles. The van der Waals surface area contributed by atoms with E-state index in [2.05, 4.69) is 27.6 Å². The zero-order chi connectivity index (χ0) is 13.0. The second kappa shape index (κ2) is 6.00. The number of anilines is 2. The maximum Gasteiger partial charge on any atom is 0.145 e. The van der Waals surface area contributed by atoms with E-state index in [4.69, 9.17) is 5.84 Å². The first-order valence-corrected chi connectivity index (χ1v) is 6.80. The van der Waals surface area contributed by atoms with Gasteiger partial charge in [0.2, 0.25) is 0 Å². The highest BCUT2D eigenvalue weighted by molar-refractivity contribution is 5.47. The van der Waals surface area contributed by atoms with Crippen molar-refractivity contribution < 1.29 is 0 Å². The van der Waals surface area contributed by atoms with Gasteiger partial charge in [0.15, 0.2) is 0 Å². The first-order chi connectivity index (χ1) is 8.71. The van der Waals surface area contributed by atoms with Crippen LogP contribution in [0.25, 0.3) is 0 Å². The largest absolute Gasteiger partial charge is 0.367 e. The van der Waals surface area contributed by atoms with Gasteiger partial charge >= 0.3 is 0 Å². The summed E-state index contributed by atoms with van der Waals surface area (Å²) in [6, 6.07) is 2.39. The average Bonchev–Trinajstić information content (AvgIpc) is 2.39. The standard InChI is InChI=1S/C13H23N5/c1-3-10-4-6-11(7-5-10)17-12-8-13(18-14)16-9(2)15-12/h8,10-11H,3-7,14H2,1-2H3,(H2,15,16,17,18). The van der Waals surface area contributed by atoms with Gasteiger partial charge in [0.1, 0.15) is 17.5 Å². The van der Waals surface area contributed by atoms with Crippen molar-refractivity contribution in [1.82, 2.24) is 9.97 Å². The quantitative estimate of drug-likeness (QED) is 0.564. The van der Waals surface area contributed by atoms with Crippen molar-refractivity contribution in [3.8, 4) is 0 Å². The zero-order valence-electron chi connectivity index (χ0n) is 11.2. The highest BCUT2D eigenvalue weighted by atomic mass is 15.3. The monoisotopic (exact) mass is 249 g/mol. The molecule has 0 amide bonds. The van der Waals surface area contributed by atoms with E-state index in [0.29, 0.717) is 11.9 Å². The summed E-state index contributed by atoms with van der Waals surface area (Å²) >= 11 is 0. The van der Waals surface area contributed by atoms with E-state index >= 15 is 0 Å². The lowest BCUT2D eigenvalue weighted by molar-refractivity contribution is 0.330. The zero-order valence-corrected chi connectivity index (χ0v) is 11.2. The maximum atomic E-state index is 5.39. The summed E-state index contributed by atoms with van der Waals surface area (Å²) in [5.41, 5.74) is 2.57. The third-order valence-corrected chi connectivity index (χ3v) is 3.76. The van der Waals surface area contributed by atoms with Crippen LogP contribution in [0.5, 0.6) is 0 Å². The second-order valence-electron chi connectivity index (χ2n) is 5.10. The molecule has 0 bridgehead atoms. The van der Waals surface area contributed by atoms with Crippen LogP contribution in [0.2, 0.25) is 0 Å². The molecule has 1 aliphatic rings. The number of nitrogens with zero attached hydrogens (tertiary/aromatic N) is 2. The molecule has 0 aliphatic heterocycles. The predicted molar refractivity (Wildman–Crippen MR) is 74.2 cm³/mol. The smallest absolute Gasteiger partial charge is 0.145 e. The molecule has 100 valence electrons. The fraction of sp³-hybridized carbons (Fsp3) is 0.692. The molecule has 1 heterocycles. The molecule has 5 heteroatoms. The van der Waals surface area contributed by atoms with Gasteiger partial charge in [0.05, 0.1) is 0 Å². The Kier molecular flexibility index (Phi) is 4.36. The minimum absolute atomic E-state index is 0.535. The summed E-state index contributed by atoms with van der Waals surface area (Å²) in [4.78, 5) is 8.58. The number of nitrogens with two attached hydrogens (primary N) is 1. The van der Waals surface area contributed by atoms with Gasteiger partial charge < -0.3 is 10.7 Å². The van der Waals surface area contributed by atoms with Crippen LogP contribution in [0.3, 0.4) is 0 Å². The lowest BCUT2D eigenvalue weighted by Crippen LogP contribution is -2.26. The summed E-state index contributed by atoms with van der Waals surface area (Å²) in [7, 11) is 0. The third kappa shape index (κ3) is 3.32. The number of hydrogen-bond donors (Lipinski definition) is 3. The summed E-state index contributed by atoms with van der Waals surface area (Å²) in [5, 5.41) is 3.49. The van der Waals surface area contributed by atoms with Crippen LogP contribution in [0.1, 0.15) is 44.9 Å². The van der Waals surface area contributed by atoms with Gasteiger partial charge in [-0.25, -0.2) is 15.8 Å². The summed E-state index contributed by atoms with van der Waals surface area (Å²) in [6.07, 6.45) is 6.40. The summed E-state index contributed by atoms with van der Waals surface area (Å²) < 4.78 is 0. The maximum absolute atomic E-state index is 5.39. The molecule has 0 radical (unpaired) electrons. The molecule has 0 unspecified atom stereocenters. The predicted octanol–water partition coefficient (Wildman–Crippen LogP) is 2.45. The average molecular weight is 249 g/mol. The molecule has 0 spiro atoms. The van der Waals surface area contributed by atoms with Crippen LogP contribution in [0.4, 0.5) is 11.6 Å². The minimum Gasteiger partial charge on any atom is -0.367 e. The molecule has 1 saturated carbocycles. The molecule has 0 saturated heterocycles. The third-order valence-electron chi connectivity index (χ3n) is 3.76. The van der Waals surface area contributed by atoms with Crippen LogP contribution in [-0.4, -0.2) is 16.0 Å². The molecular weight excluding hydrogens is 226 g/mol. The van der Waals surface area contributed by atoms with Crippen LogP contribution in [0.15, 0.2) is 6.07 Å². The molecule has 2 rings (SSSR count). The lowest BCUT2D eigenvalue weighted by Gasteiger charge is -2.28. The van der Waals surface area contributed by atoms with E-state index in [1.54, 1.807) is 0 Å². The molecule has 1 aliphatic carbocycles. The summed E-state index contributed by atoms with van der Waals surface area (Å²) in [6.45, 7) is 4.16. The van der Waals surface area contributed by atoms with Crippen LogP contribution < -0.4 is 16.6 Å². The fourth-order valence-corrected chi connectivity index (χ4v) is 2.64. The highest BCUT2D eigenvalue weighted by Crippen LogP contribution is 2.28.